The van der Waals surface area contributed by atoms with Gasteiger partial charge in [-0.2, -0.15) is 5.06 Å². The van der Waals surface area contributed by atoms with Crippen LogP contribution in [0.2, 0.25) is 0 Å². The number of nitrogens with one attached hydrogen (secondary N) is 1. The molecule has 2 rings (SSSR count). The van der Waals surface area contributed by atoms with Crippen molar-refractivity contribution in [2.45, 2.75) is 13.0 Å². The first-order valence-corrected chi connectivity index (χ1v) is 8.00. The molecule has 0 spiro atoms. The van der Waals surface area contributed by atoms with Crippen LogP contribution in [-0.2, 0) is 4.79 Å². The number of nitrogens with two attached hydrogens (primary N) is 1. The molecule has 0 aliphatic carbocycles. The summed E-state index contributed by atoms with van der Waals surface area (Å²) in [6.45, 7) is 1.25. The minimum atomic E-state index is -1.08. The van der Waals surface area contributed by atoms with Gasteiger partial charge in [-0.05, 0) is 36.8 Å². The Labute approximate surface area is 151 Å². The van der Waals surface area contributed by atoms with Crippen LogP contribution in [-0.4, -0.2) is 34.8 Å². The summed E-state index contributed by atoms with van der Waals surface area (Å²) in [6, 6.07) is 15.6. The smallest absolute Gasteiger partial charge is 0.339 e. The van der Waals surface area contributed by atoms with E-state index in [0.717, 1.165) is 11.3 Å². The van der Waals surface area contributed by atoms with Crippen LogP contribution in [0.5, 0.6) is 11.5 Å². The first-order chi connectivity index (χ1) is 12.4. The lowest BCUT2D eigenvalue weighted by Gasteiger charge is -2.14. The van der Waals surface area contributed by atoms with Gasteiger partial charge in [0.05, 0.1) is 0 Å². The van der Waals surface area contributed by atoms with Crippen molar-refractivity contribution in [2.24, 2.45) is 5.73 Å². The maximum Gasteiger partial charge on any atom is 0.339 e. The van der Waals surface area contributed by atoms with E-state index >= 15 is 0 Å². The molecule has 3 amide bonds. The third-order valence-corrected chi connectivity index (χ3v) is 3.35. The highest BCUT2D eigenvalue weighted by molar-refractivity contribution is 5.83. The van der Waals surface area contributed by atoms with E-state index in [-0.39, 0.29) is 11.1 Å². The van der Waals surface area contributed by atoms with Crippen molar-refractivity contribution in [1.82, 2.24) is 10.4 Å². The second kappa shape index (κ2) is 9.24. The number of amides is 3. The first kappa shape index (κ1) is 19.0. The number of benzene rings is 2. The van der Waals surface area contributed by atoms with E-state index in [1.165, 1.54) is 0 Å². The molecule has 0 bridgehead atoms. The summed E-state index contributed by atoms with van der Waals surface area (Å²) in [6.07, 6.45) is 3.62. The van der Waals surface area contributed by atoms with Crippen molar-refractivity contribution in [3.05, 3.63) is 66.2 Å². The molecule has 1 atom stereocenters. The summed E-state index contributed by atoms with van der Waals surface area (Å²) in [5.74, 6) is 0.925. The fourth-order valence-electron chi connectivity index (χ4n) is 2.12. The van der Waals surface area contributed by atoms with E-state index in [9.17, 15) is 9.59 Å². The summed E-state index contributed by atoms with van der Waals surface area (Å²) < 4.78 is 5.78. The van der Waals surface area contributed by atoms with Gasteiger partial charge in [-0.15, -0.1) is 0 Å². The Morgan fingerprint density at radius 2 is 1.88 bits per heavy atom. The van der Waals surface area contributed by atoms with E-state index < -0.39 is 18.5 Å². The number of nitrogens with zero attached hydrogens (tertiary/aromatic N) is 1. The van der Waals surface area contributed by atoms with Gasteiger partial charge >= 0.3 is 6.03 Å². The van der Waals surface area contributed by atoms with Gasteiger partial charge in [0.2, 0.25) is 5.91 Å². The molecule has 0 fully saturated rings. The number of carbonyl (C=O) groups excluding carboxylic acids is 2. The third kappa shape index (κ3) is 6.29. The number of primary amides is 1. The fraction of sp³-hybridized carbons (Fsp3) is 0.158. The lowest BCUT2D eigenvalue weighted by molar-refractivity contribution is -0.129. The molecule has 0 aliphatic rings. The Morgan fingerprint density at radius 1 is 1.19 bits per heavy atom. The summed E-state index contributed by atoms with van der Waals surface area (Å²) in [5.41, 5.74) is 5.75. The monoisotopic (exact) mass is 355 g/mol. The largest absolute Gasteiger partial charge is 0.457 e. The van der Waals surface area contributed by atoms with Gasteiger partial charge in [0.1, 0.15) is 18.0 Å². The lowest BCUT2D eigenvalue weighted by Crippen LogP contribution is -2.43. The van der Waals surface area contributed by atoms with Crippen molar-refractivity contribution in [3.8, 4) is 11.5 Å². The lowest BCUT2D eigenvalue weighted by atomic mass is 10.1. The summed E-state index contributed by atoms with van der Waals surface area (Å²) in [7, 11) is 0. The second-order valence-electron chi connectivity index (χ2n) is 5.60. The van der Waals surface area contributed by atoms with E-state index in [2.05, 4.69) is 5.32 Å². The van der Waals surface area contributed by atoms with Crippen LogP contribution in [0.1, 0.15) is 12.5 Å². The number of hydroxylamine groups is 2. The van der Waals surface area contributed by atoms with Gasteiger partial charge in [-0.25, -0.2) is 4.79 Å². The van der Waals surface area contributed by atoms with Gasteiger partial charge < -0.3 is 15.8 Å². The van der Waals surface area contributed by atoms with Crippen LogP contribution in [0.25, 0.3) is 6.08 Å². The molecule has 0 saturated heterocycles. The standard InChI is InChI=1S/C19H21N3O4/c1-14(21-18(23)13-22(25)19(20)24)10-11-15-6-5-9-17(12-15)26-16-7-3-2-4-8-16/h2-12,14,25H,13H2,1H3,(H2,20,24)(H,21,23)/b11-10-. The van der Waals surface area contributed by atoms with Crippen LogP contribution < -0.4 is 15.8 Å². The Kier molecular flexibility index (Phi) is 6.75. The van der Waals surface area contributed by atoms with Gasteiger partial charge in [0, 0.05) is 6.04 Å². The Morgan fingerprint density at radius 3 is 2.58 bits per heavy atom. The highest BCUT2D eigenvalue weighted by Crippen LogP contribution is 2.22. The molecule has 2 aromatic rings. The number of urea groups is 1. The maximum absolute atomic E-state index is 11.7. The zero-order chi connectivity index (χ0) is 18.9. The van der Waals surface area contributed by atoms with Gasteiger partial charge in [0.25, 0.3) is 0 Å². The van der Waals surface area contributed by atoms with E-state index in [1.54, 1.807) is 13.0 Å². The molecule has 4 N–H and O–H groups in total. The molecule has 0 heterocycles. The summed E-state index contributed by atoms with van der Waals surface area (Å²) in [5, 5.41) is 11.9. The number of carbonyl (C=O) groups is 2. The van der Waals surface area contributed by atoms with Crippen LogP contribution in [0.3, 0.4) is 0 Å². The van der Waals surface area contributed by atoms with Crippen molar-refractivity contribution in [3.63, 3.8) is 0 Å². The number of hydrogen-bond donors (Lipinski definition) is 3. The average Bonchev–Trinajstić information content (AvgIpc) is 2.61. The SMILES string of the molecule is CC(/C=C\c1cccc(Oc2ccccc2)c1)NC(=O)CN(O)C(N)=O. The van der Waals surface area contributed by atoms with Crippen LogP contribution in [0, 0.1) is 0 Å². The highest BCUT2D eigenvalue weighted by Gasteiger charge is 2.12. The molecule has 0 aliphatic heterocycles. The molecule has 136 valence electrons. The topological polar surface area (TPSA) is 105 Å². The predicted octanol–water partition coefficient (Wildman–Crippen LogP) is 2.77. The zero-order valence-electron chi connectivity index (χ0n) is 14.3. The molecule has 0 aromatic heterocycles. The van der Waals surface area contributed by atoms with Gasteiger partial charge in [-0.3, -0.25) is 10.0 Å². The first-order valence-electron chi connectivity index (χ1n) is 8.00. The minimum Gasteiger partial charge on any atom is -0.457 e. The number of hydrogen-bond acceptors (Lipinski definition) is 4. The quantitative estimate of drug-likeness (QED) is 0.524. The number of ether oxygens (including phenoxy) is 1. The molecule has 7 nitrogen and oxygen atoms in total. The third-order valence-electron chi connectivity index (χ3n) is 3.35. The number of para-hydroxylation sites is 1. The van der Waals surface area contributed by atoms with Crippen LogP contribution in [0.15, 0.2) is 60.7 Å². The Hall–Kier alpha value is -3.32. The summed E-state index contributed by atoms with van der Waals surface area (Å²) in [4.78, 5) is 22.3. The fourth-order valence-corrected chi connectivity index (χ4v) is 2.12. The normalized spacial score (nSPS) is 11.8. The van der Waals surface area contributed by atoms with Crippen LogP contribution >= 0.6 is 0 Å². The van der Waals surface area contributed by atoms with Crippen molar-refractivity contribution >= 4 is 18.0 Å². The second-order valence-corrected chi connectivity index (χ2v) is 5.60. The average molecular weight is 355 g/mol. The highest BCUT2D eigenvalue weighted by atomic mass is 16.5. The maximum atomic E-state index is 11.7. The van der Waals surface area contributed by atoms with Crippen LogP contribution in [0.4, 0.5) is 4.79 Å². The molecule has 0 saturated carbocycles. The molecule has 0 radical (unpaired) electrons. The van der Waals surface area contributed by atoms with E-state index in [1.807, 2.05) is 60.7 Å². The Balaban J connectivity index is 1.92. The predicted molar refractivity (Wildman–Crippen MR) is 97.7 cm³/mol. The van der Waals surface area contributed by atoms with E-state index in [0.29, 0.717) is 5.75 Å². The van der Waals surface area contributed by atoms with E-state index in [4.69, 9.17) is 15.7 Å². The van der Waals surface area contributed by atoms with Gasteiger partial charge in [0.15, 0.2) is 0 Å². The molecule has 26 heavy (non-hydrogen) atoms. The van der Waals surface area contributed by atoms with Crippen molar-refractivity contribution in [1.29, 1.82) is 0 Å². The molecular formula is C19H21N3O4. The summed E-state index contributed by atoms with van der Waals surface area (Å²) >= 11 is 0. The molecule has 1 unspecified atom stereocenters. The minimum absolute atomic E-state index is 0.149. The van der Waals surface area contributed by atoms with Gasteiger partial charge in [-0.1, -0.05) is 42.5 Å². The molecule has 7 heteroatoms. The molecule has 2 aromatic carbocycles. The Bertz CT molecular complexity index is 777. The van der Waals surface area contributed by atoms with Crippen molar-refractivity contribution in [2.75, 3.05) is 6.54 Å². The van der Waals surface area contributed by atoms with Crippen molar-refractivity contribution < 1.29 is 19.5 Å². The molecular weight excluding hydrogens is 334 g/mol. The number of rotatable bonds is 7. The zero-order valence-corrected chi connectivity index (χ0v) is 14.3.